The van der Waals surface area contributed by atoms with Gasteiger partial charge in [0, 0.05) is 19.4 Å². The largest absolute Gasteiger partial charge is 1.00 e. The molecule has 3 N–H and O–H groups in total. The van der Waals surface area contributed by atoms with E-state index in [1.807, 2.05) is 14.1 Å². The molecule has 0 atom stereocenters. The van der Waals surface area contributed by atoms with E-state index >= 15 is 0 Å². The summed E-state index contributed by atoms with van der Waals surface area (Å²) in [6, 6.07) is 0. The predicted molar refractivity (Wildman–Crippen MR) is 101 cm³/mol. The summed E-state index contributed by atoms with van der Waals surface area (Å²) in [6.07, 6.45) is 12.9. The molecule has 5 nitrogen and oxygen atoms in total. The maximum Gasteiger partial charge on any atom is 0.272 e. The van der Waals surface area contributed by atoms with Crippen molar-refractivity contribution in [3.05, 3.63) is 0 Å². The monoisotopic (exact) mass is 377 g/mol. The number of quaternary nitrogens is 1. The van der Waals surface area contributed by atoms with Gasteiger partial charge in [-0.3, -0.25) is 9.59 Å². The summed E-state index contributed by atoms with van der Waals surface area (Å²) in [6.45, 7) is 4.09. The Morgan fingerprint density at radius 1 is 0.880 bits per heavy atom. The highest BCUT2D eigenvalue weighted by molar-refractivity contribution is 5.75. The molecule has 0 fully saturated rings. The molecule has 0 saturated carbocycles. The molecule has 0 heterocycles. The van der Waals surface area contributed by atoms with E-state index in [0.29, 0.717) is 24.0 Å². The Labute approximate surface area is 161 Å². The lowest BCUT2D eigenvalue weighted by atomic mass is 10.1. The van der Waals surface area contributed by atoms with Crippen LogP contribution in [0.1, 0.15) is 77.6 Å². The number of primary amides is 1. The topological polar surface area (TPSA) is 72.2 Å². The number of amides is 2. The Hall–Kier alpha value is -0.810. The first-order chi connectivity index (χ1) is 11.4. The average Bonchev–Trinajstić information content (AvgIpc) is 2.48. The fourth-order valence-corrected chi connectivity index (χ4v) is 2.92. The summed E-state index contributed by atoms with van der Waals surface area (Å²) < 4.78 is 0.573. The van der Waals surface area contributed by atoms with Gasteiger partial charge in [0.1, 0.15) is 0 Å². The van der Waals surface area contributed by atoms with Crippen LogP contribution in [0.15, 0.2) is 0 Å². The SMILES string of the molecule is CCCCCCCCCCCC(=O)NCCC[N+](C)(C)CC(N)=O.[Cl-]. The van der Waals surface area contributed by atoms with Crippen molar-refractivity contribution in [3.8, 4) is 0 Å². The lowest BCUT2D eigenvalue weighted by Gasteiger charge is -2.28. The summed E-state index contributed by atoms with van der Waals surface area (Å²) in [7, 11) is 3.96. The Morgan fingerprint density at radius 2 is 1.40 bits per heavy atom. The molecule has 0 aromatic carbocycles. The van der Waals surface area contributed by atoms with E-state index in [0.717, 1.165) is 25.8 Å². The molecule has 0 aliphatic rings. The average molecular weight is 378 g/mol. The van der Waals surface area contributed by atoms with Gasteiger partial charge in [-0.2, -0.15) is 0 Å². The number of hydrogen-bond donors (Lipinski definition) is 2. The van der Waals surface area contributed by atoms with Crippen LogP contribution in [-0.2, 0) is 9.59 Å². The van der Waals surface area contributed by atoms with Crippen LogP contribution in [0.5, 0.6) is 0 Å². The molecule has 0 saturated heterocycles. The van der Waals surface area contributed by atoms with Crippen molar-refractivity contribution in [1.29, 1.82) is 0 Å². The van der Waals surface area contributed by atoms with E-state index in [-0.39, 0.29) is 24.2 Å². The second-order valence-electron chi connectivity index (χ2n) is 7.57. The molecule has 6 heteroatoms. The van der Waals surface area contributed by atoms with Crippen LogP contribution in [0, 0.1) is 0 Å². The number of carbonyl (C=O) groups excluding carboxylic acids is 2. The van der Waals surface area contributed by atoms with Gasteiger partial charge in [-0.1, -0.05) is 58.3 Å². The predicted octanol–water partition coefficient (Wildman–Crippen LogP) is -0.0207. The van der Waals surface area contributed by atoms with Crippen molar-refractivity contribution in [2.75, 3.05) is 33.7 Å². The molecule has 0 unspecified atom stereocenters. The minimum absolute atomic E-state index is 0. The minimum atomic E-state index is -0.283. The number of nitrogens with two attached hydrogens (primary N) is 1. The van der Waals surface area contributed by atoms with E-state index in [4.69, 9.17) is 5.73 Å². The first kappa shape index (κ1) is 26.4. The Balaban J connectivity index is 0. The quantitative estimate of drug-likeness (QED) is 0.293. The smallest absolute Gasteiger partial charge is 0.272 e. The second kappa shape index (κ2) is 16.6. The highest BCUT2D eigenvalue weighted by Crippen LogP contribution is 2.10. The first-order valence-corrected chi connectivity index (χ1v) is 9.74. The van der Waals surface area contributed by atoms with Crippen molar-refractivity contribution in [3.63, 3.8) is 0 Å². The van der Waals surface area contributed by atoms with E-state index in [1.54, 1.807) is 0 Å². The standard InChI is InChI=1S/C19H39N3O2.ClH/c1-4-5-6-7-8-9-10-11-12-14-19(24)21-15-13-16-22(2,3)17-18(20)23;/h4-17H2,1-3H3,(H2-,20,21,23,24);1H. The first-order valence-electron chi connectivity index (χ1n) is 9.74. The number of nitrogens with zero attached hydrogens (tertiary/aromatic N) is 1. The number of rotatable bonds is 16. The molecule has 0 aromatic heterocycles. The van der Waals surface area contributed by atoms with E-state index in [2.05, 4.69) is 12.2 Å². The van der Waals surface area contributed by atoms with Crippen molar-refractivity contribution < 1.29 is 26.5 Å². The fourth-order valence-electron chi connectivity index (χ4n) is 2.92. The number of carbonyl (C=O) groups is 2. The maximum atomic E-state index is 11.8. The van der Waals surface area contributed by atoms with Crippen molar-refractivity contribution in [2.24, 2.45) is 5.73 Å². The van der Waals surface area contributed by atoms with Gasteiger partial charge >= 0.3 is 0 Å². The Morgan fingerprint density at radius 3 is 1.92 bits per heavy atom. The zero-order chi connectivity index (χ0) is 18.3. The summed E-state index contributed by atoms with van der Waals surface area (Å²) in [5, 5.41) is 2.97. The van der Waals surface area contributed by atoms with Gasteiger partial charge in [0.05, 0.1) is 20.6 Å². The summed E-state index contributed by atoms with van der Waals surface area (Å²) in [4.78, 5) is 22.7. The van der Waals surface area contributed by atoms with Gasteiger partial charge < -0.3 is 27.9 Å². The Bertz CT molecular complexity index is 350. The number of unbranched alkanes of at least 4 members (excludes halogenated alkanes) is 8. The summed E-state index contributed by atoms with van der Waals surface area (Å²) >= 11 is 0. The zero-order valence-electron chi connectivity index (χ0n) is 16.6. The molecular formula is C19H40ClN3O2. The molecule has 0 bridgehead atoms. The number of hydrogen-bond acceptors (Lipinski definition) is 2. The third-order valence-electron chi connectivity index (χ3n) is 4.35. The fraction of sp³-hybridized carbons (Fsp3) is 0.895. The number of nitrogens with one attached hydrogen (secondary N) is 1. The molecule has 0 aromatic rings. The van der Waals surface area contributed by atoms with Crippen LogP contribution < -0.4 is 23.5 Å². The van der Waals surface area contributed by atoms with E-state index in [1.165, 1.54) is 44.9 Å². The van der Waals surface area contributed by atoms with Crippen molar-refractivity contribution in [2.45, 2.75) is 77.6 Å². The third-order valence-corrected chi connectivity index (χ3v) is 4.35. The Kier molecular flexibility index (Phi) is 17.6. The number of halogens is 1. The molecule has 25 heavy (non-hydrogen) atoms. The lowest BCUT2D eigenvalue weighted by molar-refractivity contribution is -0.882. The summed E-state index contributed by atoms with van der Waals surface area (Å²) in [5.74, 6) is -0.132. The lowest BCUT2D eigenvalue weighted by Crippen LogP contribution is -3.00. The van der Waals surface area contributed by atoms with Crippen LogP contribution in [0.4, 0.5) is 0 Å². The van der Waals surface area contributed by atoms with Gasteiger partial charge in [-0.05, 0) is 6.42 Å². The third kappa shape index (κ3) is 19.4. The van der Waals surface area contributed by atoms with Gasteiger partial charge in [0.25, 0.3) is 5.91 Å². The van der Waals surface area contributed by atoms with Crippen LogP contribution in [0.2, 0.25) is 0 Å². The van der Waals surface area contributed by atoms with Gasteiger partial charge in [-0.15, -0.1) is 0 Å². The molecule has 0 aliphatic heterocycles. The van der Waals surface area contributed by atoms with Gasteiger partial charge in [-0.25, -0.2) is 0 Å². The minimum Gasteiger partial charge on any atom is -1.00 e. The van der Waals surface area contributed by atoms with Gasteiger partial charge in [0.15, 0.2) is 6.54 Å². The highest BCUT2D eigenvalue weighted by Gasteiger charge is 2.17. The molecule has 150 valence electrons. The van der Waals surface area contributed by atoms with Crippen molar-refractivity contribution >= 4 is 11.8 Å². The van der Waals surface area contributed by atoms with Gasteiger partial charge in [0.2, 0.25) is 5.91 Å². The second-order valence-corrected chi connectivity index (χ2v) is 7.57. The van der Waals surface area contributed by atoms with E-state index in [9.17, 15) is 9.59 Å². The molecular weight excluding hydrogens is 338 g/mol. The zero-order valence-corrected chi connectivity index (χ0v) is 17.4. The van der Waals surface area contributed by atoms with Crippen molar-refractivity contribution in [1.82, 2.24) is 5.32 Å². The van der Waals surface area contributed by atoms with Crippen LogP contribution in [0.25, 0.3) is 0 Å². The van der Waals surface area contributed by atoms with Crippen LogP contribution in [0.3, 0.4) is 0 Å². The number of likely N-dealkylation sites (N-methyl/N-ethyl adjacent to an activating group) is 1. The van der Waals surface area contributed by atoms with Crippen LogP contribution >= 0.6 is 0 Å². The molecule has 0 radical (unpaired) electrons. The molecule has 0 rings (SSSR count). The molecule has 2 amide bonds. The maximum absolute atomic E-state index is 11.8. The molecule has 0 spiro atoms. The highest BCUT2D eigenvalue weighted by atomic mass is 35.5. The normalized spacial score (nSPS) is 11.0. The van der Waals surface area contributed by atoms with Crippen LogP contribution in [-0.4, -0.2) is 50.0 Å². The molecule has 0 aliphatic carbocycles. The van der Waals surface area contributed by atoms with E-state index < -0.39 is 0 Å². The summed E-state index contributed by atoms with van der Waals surface area (Å²) in [5.41, 5.74) is 5.23.